The molecule has 0 aromatic carbocycles. The Bertz CT molecular complexity index is 304. The van der Waals surface area contributed by atoms with Crippen LogP contribution in [0.15, 0.2) is 0 Å². The van der Waals surface area contributed by atoms with Crippen molar-refractivity contribution < 1.29 is 14.3 Å². The summed E-state index contributed by atoms with van der Waals surface area (Å²) in [5.74, 6) is 0.279. The van der Waals surface area contributed by atoms with Gasteiger partial charge in [-0.1, -0.05) is 13.3 Å². The van der Waals surface area contributed by atoms with E-state index in [0.717, 1.165) is 32.4 Å². The van der Waals surface area contributed by atoms with Crippen LogP contribution in [0.1, 0.15) is 26.2 Å². The van der Waals surface area contributed by atoms with Crippen LogP contribution in [0.4, 0.5) is 0 Å². The molecule has 2 rings (SSSR count). The van der Waals surface area contributed by atoms with Crippen molar-refractivity contribution in [2.24, 2.45) is 5.41 Å². The number of carbonyl (C=O) groups excluding carboxylic acids is 1. The molecule has 0 radical (unpaired) electrons. The van der Waals surface area contributed by atoms with Gasteiger partial charge in [-0.2, -0.15) is 0 Å². The van der Waals surface area contributed by atoms with Gasteiger partial charge in [0.25, 0.3) is 0 Å². The molecule has 3 unspecified atom stereocenters. The van der Waals surface area contributed by atoms with Crippen LogP contribution in [0.5, 0.6) is 0 Å². The second-order valence-corrected chi connectivity index (χ2v) is 5.72. The molecule has 2 saturated heterocycles. The van der Waals surface area contributed by atoms with Gasteiger partial charge in [0.2, 0.25) is 5.91 Å². The number of hydrogen-bond acceptors (Lipinski definition) is 4. The maximum atomic E-state index is 12.9. The van der Waals surface area contributed by atoms with Crippen LogP contribution < -0.4 is 5.32 Å². The van der Waals surface area contributed by atoms with E-state index >= 15 is 0 Å². The predicted octanol–water partition coefficient (Wildman–Crippen LogP) is 0.638. The number of ether oxygens (including phenoxy) is 2. The van der Waals surface area contributed by atoms with E-state index in [4.69, 9.17) is 9.47 Å². The molecule has 5 heteroatoms. The predicted molar refractivity (Wildman–Crippen MR) is 73.0 cm³/mol. The Labute approximate surface area is 115 Å². The quantitative estimate of drug-likeness (QED) is 0.796. The van der Waals surface area contributed by atoms with Crippen molar-refractivity contribution >= 4 is 5.91 Å². The Kier molecular flexibility index (Phi) is 4.81. The zero-order valence-corrected chi connectivity index (χ0v) is 12.3. The summed E-state index contributed by atoms with van der Waals surface area (Å²) in [6.07, 6.45) is 2.96. The number of likely N-dealkylation sites (tertiary alicyclic amines) is 1. The molecular weight excluding hydrogens is 244 g/mol. The molecule has 19 heavy (non-hydrogen) atoms. The van der Waals surface area contributed by atoms with E-state index < -0.39 is 0 Å². The standard InChI is InChI=1S/C14H26N2O3/c1-4-5-14(6-7-15-10-14)13(17)16-8-11(18-2)12(9-16)19-3/h11-12,15H,4-10H2,1-3H3. The van der Waals surface area contributed by atoms with E-state index in [1.165, 1.54) is 0 Å². The summed E-state index contributed by atoms with van der Waals surface area (Å²) in [4.78, 5) is 14.8. The smallest absolute Gasteiger partial charge is 0.230 e. The topological polar surface area (TPSA) is 50.8 Å². The second-order valence-electron chi connectivity index (χ2n) is 5.72. The van der Waals surface area contributed by atoms with Crippen LogP contribution in [0, 0.1) is 5.41 Å². The molecule has 5 nitrogen and oxygen atoms in total. The summed E-state index contributed by atoms with van der Waals surface area (Å²) in [5.41, 5.74) is -0.199. The monoisotopic (exact) mass is 270 g/mol. The molecule has 2 aliphatic heterocycles. The summed E-state index contributed by atoms with van der Waals surface area (Å²) < 4.78 is 10.8. The number of methoxy groups -OCH3 is 2. The fourth-order valence-corrected chi connectivity index (χ4v) is 3.42. The molecule has 0 saturated carbocycles. The minimum Gasteiger partial charge on any atom is -0.377 e. The first-order chi connectivity index (χ1) is 9.16. The number of rotatable bonds is 5. The summed E-state index contributed by atoms with van der Waals surface area (Å²) >= 11 is 0. The highest BCUT2D eigenvalue weighted by Gasteiger charge is 2.46. The van der Waals surface area contributed by atoms with Crippen molar-refractivity contribution in [2.75, 3.05) is 40.4 Å². The lowest BCUT2D eigenvalue weighted by Gasteiger charge is -2.31. The van der Waals surface area contributed by atoms with E-state index in [0.29, 0.717) is 13.1 Å². The Hall–Kier alpha value is -0.650. The van der Waals surface area contributed by atoms with Gasteiger partial charge in [-0.05, 0) is 19.4 Å². The summed E-state index contributed by atoms with van der Waals surface area (Å²) in [7, 11) is 3.37. The molecule has 110 valence electrons. The minimum absolute atomic E-state index is 0.00184. The molecule has 1 amide bonds. The third-order valence-corrected chi connectivity index (χ3v) is 4.53. The van der Waals surface area contributed by atoms with E-state index in [-0.39, 0.29) is 23.5 Å². The van der Waals surface area contributed by atoms with Gasteiger partial charge >= 0.3 is 0 Å². The maximum absolute atomic E-state index is 12.9. The first kappa shape index (κ1) is 14.8. The zero-order chi connectivity index (χ0) is 13.9. The van der Waals surface area contributed by atoms with Crippen LogP contribution in [0.25, 0.3) is 0 Å². The van der Waals surface area contributed by atoms with Gasteiger partial charge in [-0.3, -0.25) is 4.79 Å². The van der Waals surface area contributed by atoms with Crippen molar-refractivity contribution in [3.8, 4) is 0 Å². The molecule has 0 aromatic heterocycles. The first-order valence-electron chi connectivity index (χ1n) is 7.22. The normalized spacial score (nSPS) is 35.0. The molecule has 1 N–H and O–H groups in total. The van der Waals surface area contributed by atoms with Gasteiger partial charge in [0.05, 0.1) is 5.41 Å². The molecule has 0 spiro atoms. The van der Waals surface area contributed by atoms with Crippen molar-refractivity contribution in [3.63, 3.8) is 0 Å². The van der Waals surface area contributed by atoms with Gasteiger partial charge in [-0.15, -0.1) is 0 Å². The van der Waals surface area contributed by atoms with Crippen LogP contribution in [0.3, 0.4) is 0 Å². The second kappa shape index (κ2) is 6.20. The van der Waals surface area contributed by atoms with Gasteiger partial charge in [0, 0.05) is 33.9 Å². The van der Waals surface area contributed by atoms with E-state index in [1.54, 1.807) is 14.2 Å². The highest BCUT2D eigenvalue weighted by Crippen LogP contribution is 2.34. The first-order valence-corrected chi connectivity index (χ1v) is 7.22. The molecule has 2 fully saturated rings. The van der Waals surface area contributed by atoms with Crippen molar-refractivity contribution in [3.05, 3.63) is 0 Å². The molecule has 2 heterocycles. The largest absolute Gasteiger partial charge is 0.377 e. The molecular formula is C14H26N2O3. The molecule has 0 bridgehead atoms. The maximum Gasteiger partial charge on any atom is 0.230 e. The number of hydrogen-bond donors (Lipinski definition) is 1. The fourth-order valence-electron chi connectivity index (χ4n) is 3.42. The average Bonchev–Trinajstić information content (AvgIpc) is 3.04. The molecule has 2 aliphatic rings. The van der Waals surface area contributed by atoms with E-state index in [9.17, 15) is 4.79 Å². The Morgan fingerprint density at radius 2 is 1.95 bits per heavy atom. The lowest BCUT2D eigenvalue weighted by molar-refractivity contribution is -0.141. The van der Waals surface area contributed by atoms with E-state index in [2.05, 4.69) is 12.2 Å². The molecule has 0 aromatic rings. The Morgan fingerprint density at radius 1 is 1.32 bits per heavy atom. The number of amides is 1. The third kappa shape index (κ3) is 2.78. The van der Waals surface area contributed by atoms with Crippen molar-refractivity contribution in [1.29, 1.82) is 0 Å². The lowest BCUT2D eigenvalue weighted by Crippen LogP contribution is -2.45. The Balaban J connectivity index is 2.06. The van der Waals surface area contributed by atoms with Gasteiger partial charge in [-0.25, -0.2) is 0 Å². The van der Waals surface area contributed by atoms with Gasteiger partial charge in [0.15, 0.2) is 0 Å². The van der Waals surface area contributed by atoms with Crippen molar-refractivity contribution in [1.82, 2.24) is 10.2 Å². The highest BCUT2D eigenvalue weighted by atomic mass is 16.5. The van der Waals surface area contributed by atoms with Crippen LogP contribution in [0.2, 0.25) is 0 Å². The summed E-state index contributed by atoms with van der Waals surface area (Å²) in [6, 6.07) is 0. The van der Waals surface area contributed by atoms with Crippen LogP contribution in [-0.2, 0) is 14.3 Å². The lowest BCUT2D eigenvalue weighted by atomic mass is 9.81. The molecule has 3 atom stereocenters. The van der Waals surface area contributed by atoms with Gasteiger partial charge in [0.1, 0.15) is 12.2 Å². The van der Waals surface area contributed by atoms with Gasteiger partial charge < -0.3 is 19.7 Å². The highest BCUT2D eigenvalue weighted by molar-refractivity contribution is 5.83. The fraction of sp³-hybridized carbons (Fsp3) is 0.929. The average molecular weight is 270 g/mol. The summed E-state index contributed by atoms with van der Waals surface area (Å²) in [5, 5.41) is 3.34. The minimum atomic E-state index is -0.199. The third-order valence-electron chi connectivity index (χ3n) is 4.53. The Morgan fingerprint density at radius 3 is 2.37 bits per heavy atom. The SMILES string of the molecule is CCCC1(C(=O)N2CC(OC)C(OC)C2)CCNC1. The number of carbonyl (C=O) groups is 1. The molecule has 0 aliphatic carbocycles. The van der Waals surface area contributed by atoms with Crippen LogP contribution in [-0.4, -0.2) is 63.4 Å². The summed E-state index contributed by atoms with van der Waals surface area (Å²) in [6.45, 7) is 5.21. The van der Waals surface area contributed by atoms with Crippen molar-refractivity contribution in [2.45, 2.75) is 38.4 Å². The zero-order valence-electron chi connectivity index (χ0n) is 12.3. The van der Waals surface area contributed by atoms with Crippen LogP contribution >= 0.6 is 0 Å². The van der Waals surface area contributed by atoms with E-state index in [1.807, 2.05) is 4.90 Å². The number of nitrogens with one attached hydrogen (secondary N) is 1. The number of nitrogens with zero attached hydrogens (tertiary/aromatic N) is 1.